The van der Waals surface area contributed by atoms with Crippen LogP contribution in [0.5, 0.6) is 0 Å². The number of hydrogen-bond acceptors (Lipinski definition) is 3. The average Bonchev–Trinajstić information content (AvgIpc) is 2.64. The smallest absolute Gasteiger partial charge is 0.314 e. The molecule has 0 saturated carbocycles. The molecule has 1 aromatic rings. The largest absolute Gasteiger partial charge is 0.408 e. The lowest BCUT2D eigenvalue weighted by Gasteiger charge is -2.35. The van der Waals surface area contributed by atoms with Gasteiger partial charge >= 0.3 is 6.18 Å². The third-order valence-electron chi connectivity index (χ3n) is 2.69. The first kappa shape index (κ1) is 19.5. The number of piperazine rings is 1. The molecule has 2 rings (SSSR count). The Kier molecular flexibility index (Phi) is 8.24. The molecule has 9 heteroatoms. The van der Waals surface area contributed by atoms with Crippen LogP contribution in [0.25, 0.3) is 0 Å². The maximum Gasteiger partial charge on any atom is 0.408 e. The number of hydrogen-bond donors (Lipinski definition) is 1. The van der Waals surface area contributed by atoms with Gasteiger partial charge in [-0.2, -0.15) is 13.2 Å². The molecule has 1 aliphatic heterocycles. The molecule has 0 amide bonds. The van der Waals surface area contributed by atoms with Crippen molar-refractivity contribution < 1.29 is 13.2 Å². The van der Waals surface area contributed by atoms with Crippen LogP contribution in [0.1, 0.15) is 10.9 Å². The van der Waals surface area contributed by atoms with Gasteiger partial charge < -0.3 is 5.32 Å². The number of thiophene rings is 1. The number of rotatable bonds is 2. The minimum absolute atomic E-state index is 0. The summed E-state index contributed by atoms with van der Waals surface area (Å²) in [5.74, 6) is 0. The van der Waals surface area contributed by atoms with Gasteiger partial charge in [-0.15, -0.1) is 36.2 Å². The summed E-state index contributed by atoms with van der Waals surface area (Å²) >= 11 is 4.36. The highest BCUT2D eigenvalue weighted by molar-refractivity contribution is 9.11. The summed E-state index contributed by atoms with van der Waals surface area (Å²) in [6.07, 6.45) is -4.22. The average molecular weight is 402 g/mol. The molecule has 0 spiro atoms. The molecule has 0 radical (unpaired) electrons. The van der Waals surface area contributed by atoms with Crippen LogP contribution >= 0.6 is 52.1 Å². The molecule has 1 fully saturated rings. The molecule has 1 aromatic heterocycles. The van der Waals surface area contributed by atoms with Crippen molar-refractivity contribution in [3.05, 3.63) is 20.8 Å². The van der Waals surface area contributed by atoms with Gasteiger partial charge in [-0.05, 0) is 28.1 Å². The molecule has 2 nitrogen and oxygen atoms in total. The van der Waals surface area contributed by atoms with Gasteiger partial charge in [-0.25, -0.2) is 0 Å². The SMILES string of the molecule is Cl.Cl.FC(F)(F)[C@H](c1ccc(Br)s1)N1CCNCC1. The summed E-state index contributed by atoms with van der Waals surface area (Å²) in [7, 11) is 0. The van der Waals surface area contributed by atoms with Crippen LogP contribution in [0.3, 0.4) is 0 Å². The minimum atomic E-state index is -4.22. The Hall–Kier alpha value is 0.470. The van der Waals surface area contributed by atoms with Gasteiger partial charge in [0, 0.05) is 31.1 Å². The quantitative estimate of drug-likeness (QED) is 0.809. The molecule has 0 aliphatic carbocycles. The van der Waals surface area contributed by atoms with Gasteiger partial charge in [0.05, 0.1) is 3.79 Å². The summed E-state index contributed by atoms with van der Waals surface area (Å²) < 4.78 is 40.1. The van der Waals surface area contributed by atoms with Crippen molar-refractivity contribution in [2.24, 2.45) is 0 Å². The van der Waals surface area contributed by atoms with Gasteiger partial charge in [0.2, 0.25) is 0 Å². The van der Waals surface area contributed by atoms with Crippen molar-refractivity contribution in [1.82, 2.24) is 10.2 Å². The van der Waals surface area contributed by atoms with Crippen molar-refractivity contribution in [2.45, 2.75) is 12.2 Å². The van der Waals surface area contributed by atoms with E-state index in [9.17, 15) is 13.2 Å². The zero-order valence-corrected chi connectivity index (χ0v) is 13.8. The molecule has 0 bridgehead atoms. The monoisotopic (exact) mass is 400 g/mol. The van der Waals surface area contributed by atoms with E-state index in [0.29, 0.717) is 31.1 Å². The van der Waals surface area contributed by atoms with Gasteiger partial charge in [0.15, 0.2) is 0 Å². The molecule has 2 heterocycles. The van der Waals surface area contributed by atoms with E-state index in [1.54, 1.807) is 12.1 Å². The van der Waals surface area contributed by atoms with Crippen LogP contribution in [-0.2, 0) is 0 Å². The maximum atomic E-state index is 13.1. The summed E-state index contributed by atoms with van der Waals surface area (Å²) in [4.78, 5) is 1.85. The third kappa shape index (κ3) is 5.06. The molecule has 0 aromatic carbocycles. The summed E-state index contributed by atoms with van der Waals surface area (Å²) in [6.45, 7) is 2.08. The first-order valence-electron chi connectivity index (χ1n) is 5.25. The van der Waals surface area contributed by atoms with E-state index in [4.69, 9.17) is 0 Å². The standard InChI is InChI=1S/C10H12BrF3N2S.2ClH/c11-8-2-1-7(17-8)9(10(12,13)14)16-5-3-15-4-6-16;;/h1-2,9,15H,3-6H2;2*1H/t9-;;/m0../s1. The highest BCUT2D eigenvalue weighted by atomic mass is 79.9. The number of halogens is 6. The van der Waals surface area contributed by atoms with E-state index in [-0.39, 0.29) is 24.8 Å². The fourth-order valence-corrected chi connectivity index (χ4v) is 3.55. The Morgan fingerprint density at radius 1 is 1.21 bits per heavy atom. The van der Waals surface area contributed by atoms with Crippen molar-refractivity contribution in [3.8, 4) is 0 Å². The van der Waals surface area contributed by atoms with E-state index in [1.165, 1.54) is 4.90 Å². The van der Waals surface area contributed by atoms with Crippen LogP contribution in [-0.4, -0.2) is 37.3 Å². The normalized spacial score (nSPS) is 18.3. The second-order valence-electron chi connectivity index (χ2n) is 3.87. The van der Waals surface area contributed by atoms with Crippen molar-refractivity contribution >= 4 is 52.1 Å². The number of nitrogens with zero attached hydrogens (tertiary/aromatic N) is 1. The third-order valence-corrected chi connectivity index (χ3v) is 4.37. The molecule has 1 N–H and O–H groups in total. The van der Waals surface area contributed by atoms with Crippen LogP contribution < -0.4 is 5.32 Å². The van der Waals surface area contributed by atoms with Crippen LogP contribution in [0.4, 0.5) is 13.2 Å². The lowest BCUT2D eigenvalue weighted by molar-refractivity contribution is -0.186. The highest BCUT2D eigenvalue weighted by Crippen LogP contribution is 2.41. The second kappa shape index (κ2) is 8.05. The summed E-state index contributed by atoms with van der Waals surface area (Å²) in [6, 6.07) is 1.75. The molecule has 0 unspecified atom stereocenters. The molecule has 19 heavy (non-hydrogen) atoms. The Morgan fingerprint density at radius 3 is 2.21 bits per heavy atom. The molecule has 1 atom stereocenters. The van der Waals surface area contributed by atoms with E-state index in [1.807, 2.05) is 0 Å². The fraction of sp³-hybridized carbons (Fsp3) is 0.600. The molecular formula is C10H14BrCl2F3N2S. The van der Waals surface area contributed by atoms with E-state index in [0.717, 1.165) is 15.1 Å². The Balaban J connectivity index is 0.00000162. The van der Waals surface area contributed by atoms with E-state index in [2.05, 4.69) is 21.2 Å². The molecule has 112 valence electrons. The lowest BCUT2D eigenvalue weighted by Crippen LogP contribution is -2.48. The summed E-state index contributed by atoms with van der Waals surface area (Å²) in [5.41, 5.74) is 0. The van der Waals surface area contributed by atoms with Crippen LogP contribution in [0.15, 0.2) is 15.9 Å². The molecule has 1 saturated heterocycles. The molecule has 1 aliphatic rings. The predicted molar refractivity (Wildman–Crippen MR) is 79.8 cm³/mol. The van der Waals surface area contributed by atoms with Gasteiger partial charge in [0.25, 0.3) is 0 Å². The van der Waals surface area contributed by atoms with Crippen molar-refractivity contribution in [1.29, 1.82) is 0 Å². The van der Waals surface area contributed by atoms with Crippen molar-refractivity contribution in [3.63, 3.8) is 0 Å². The Labute approximate surface area is 134 Å². The maximum absolute atomic E-state index is 13.1. The topological polar surface area (TPSA) is 15.3 Å². The first-order valence-corrected chi connectivity index (χ1v) is 6.86. The first-order chi connectivity index (χ1) is 7.98. The van der Waals surface area contributed by atoms with Crippen LogP contribution in [0.2, 0.25) is 0 Å². The zero-order chi connectivity index (χ0) is 12.5. The number of nitrogens with one attached hydrogen (secondary N) is 1. The lowest BCUT2D eigenvalue weighted by atomic mass is 10.1. The molecular weight excluding hydrogens is 388 g/mol. The Morgan fingerprint density at radius 2 is 1.79 bits per heavy atom. The van der Waals surface area contributed by atoms with Crippen LogP contribution in [0, 0.1) is 0 Å². The van der Waals surface area contributed by atoms with Gasteiger partial charge in [0.1, 0.15) is 6.04 Å². The van der Waals surface area contributed by atoms with E-state index >= 15 is 0 Å². The van der Waals surface area contributed by atoms with E-state index < -0.39 is 12.2 Å². The van der Waals surface area contributed by atoms with Gasteiger partial charge in [-0.1, -0.05) is 0 Å². The number of alkyl halides is 3. The predicted octanol–water partition coefficient (Wildman–Crippen LogP) is 3.86. The minimum Gasteiger partial charge on any atom is -0.314 e. The highest BCUT2D eigenvalue weighted by Gasteiger charge is 2.45. The zero-order valence-electron chi connectivity index (χ0n) is 9.74. The fourth-order valence-electron chi connectivity index (χ4n) is 1.96. The van der Waals surface area contributed by atoms with Gasteiger partial charge in [-0.3, -0.25) is 4.90 Å². The summed E-state index contributed by atoms with van der Waals surface area (Å²) in [5, 5.41) is 3.06. The Bertz CT molecular complexity index is 383. The second-order valence-corrected chi connectivity index (χ2v) is 6.37. The van der Waals surface area contributed by atoms with Crippen molar-refractivity contribution in [2.75, 3.05) is 26.2 Å².